The number of carbonyl (C=O) groups excluding carboxylic acids is 3. The summed E-state index contributed by atoms with van der Waals surface area (Å²) in [6, 6.07) is 5.28. The van der Waals surface area contributed by atoms with E-state index in [9.17, 15) is 14.4 Å². The van der Waals surface area contributed by atoms with Crippen LogP contribution in [-0.4, -0.2) is 66.7 Å². The molecule has 178 valence electrons. The summed E-state index contributed by atoms with van der Waals surface area (Å²) < 4.78 is 5.48. The molecule has 0 aliphatic carbocycles. The van der Waals surface area contributed by atoms with Crippen LogP contribution in [0.2, 0.25) is 0 Å². The van der Waals surface area contributed by atoms with Crippen molar-refractivity contribution in [3.05, 3.63) is 23.8 Å². The van der Waals surface area contributed by atoms with E-state index < -0.39 is 11.5 Å². The standard InChI is InChI=1S/C23H37N5O4/c1-22(2,3)26-19(29)15-25-20(30)17-14-16(8-9-18(17)24)27-10-7-11-28(13-12-27)21(31)32-23(4,5)6/h8-9,14H,7,10-13,15,24H2,1-6H3,(H,25,30)(H,26,29). The van der Waals surface area contributed by atoms with Crippen molar-refractivity contribution < 1.29 is 19.1 Å². The smallest absolute Gasteiger partial charge is 0.410 e. The molecule has 1 aliphatic rings. The van der Waals surface area contributed by atoms with Gasteiger partial charge in [-0.1, -0.05) is 0 Å². The number of nitrogens with zero attached hydrogens (tertiary/aromatic N) is 2. The molecule has 0 unspecified atom stereocenters. The number of nitrogens with one attached hydrogen (secondary N) is 2. The second kappa shape index (κ2) is 10.1. The number of hydrogen-bond donors (Lipinski definition) is 3. The molecule has 0 radical (unpaired) electrons. The molecule has 1 aromatic carbocycles. The van der Waals surface area contributed by atoms with Crippen molar-refractivity contribution in [1.29, 1.82) is 0 Å². The monoisotopic (exact) mass is 447 g/mol. The summed E-state index contributed by atoms with van der Waals surface area (Å²) >= 11 is 0. The molecule has 9 nitrogen and oxygen atoms in total. The fourth-order valence-electron chi connectivity index (χ4n) is 3.34. The van der Waals surface area contributed by atoms with Crippen molar-refractivity contribution in [3.8, 4) is 0 Å². The normalized spacial score (nSPS) is 15.1. The van der Waals surface area contributed by atoms with Crippen molar-refractivity contribution in [2.24, 2.45) is 0 Å². The van der Waals surface area contributed by atoms with Crippen LogP contribution < -0.4 is 21.3 Å². The maximum Gasteiger partial charge on any atom is 0.410 e. The average Bonchev–Trinajstić information content (AvgIpc) is 2.90. The fourth-order valence-corrected chi connectivity index (χ4v) is 3.34. The minimum absolute atomic E-state index is 0.131. The largest absolute Gasteiger partial charge is 0.444 e. The van der Waals surface area contributed by atoms with Crippen LogP contribution in [-0.2, 0) is 9.53 Å². The average molecular weight is 448 g/mol. The van der Waals surface area contributed by atoms with Gasteiger partial charge in [-0.05, 0) is 66.2 Å². The van der Waals surface area contributed by atoms with E-state index in [4.69, 9.17) is 10.5 Å². The number of hydrogen-bond acceptors (Lipinski definition) is 6. The quantitative estimate of drug-likeness (QED) is 0.610. The predicted molar refractivity (Wildman–Crippen MR) is 126 cm³/mol. The molecular formula is C23H37N5O4. The van der Waals surface area contributed by atoms with E-state index >= 15 is 0 Å². The number of anilines is 2. The van der Waals surface area contributed by atoms with Crippen LogP contribution in [0.5, 0.6) is 0 Å². The van der Waals surface area contributed by atoms with E-state index in [-0.39, 0.29) is 24.1 Å². The van der Waals surface area contributed by atoms with Gasteiger partial charge >= 0.3 is 6.09 Å². The number of nitrogens with two attached hydrogens (primary N) is 1. The molecule has 0 bridgehead atoms. The summed E-state index contributed by atoms with van der Waals surface area (Å²) in [4.78, 5) is 40.9. The van der Waals surface area contributed by atoms with Gasteiger partial charge in [0.15, 0.2) is 0 Å². The summed E-state index contributed by atoms with van der Waals surface area (Å²) in [6.07, 6.45) is 0.461. The summed E-state index contributed by atoms with van der Waals surface area (Å²) in [5.41, 5.74) is 6.62. The van der Waals surface area contributed by atoms with Gasteiger partial charge in [0.05, 0.1) is 12.1 Å². The first-order chi connectivity index (χ1) is 14.7. The minimum atomic E-state index is -0.536. The highest BCUT2D eigenvalue weighted by Gasteiger charge is 2.25. The third-order valence-corrected chi connectivity index (χ3v) is 4.72. The lowest BCUT2D eigenvalue weighted by atomic mass is 10.1. The molecule has 0 aromatic heterocycles. The Morgan fingerprint density at radius 3 is 2.34 bits per heavy atom. The zero-order valence-corrected chi connectivity index (χ0v) is 20.1. The second-order valence-corrected chi connectivity index (χ2v) is 10.1. The Morgan fingerprint density at radius 1 is 1.03 bits per heavy atom. The number of benzene rings is 1. The van der Waals surface area contributed by atoms with Gasteiger partial charge in [0.25, 0.3) is 5.91 Å². The van der Waals surface area contributed by atoms with E-state index in [1.807, 2.05) is 47.6 Å². The Morgan fingerprint density at radius 2 is 1.72 bits per heavy atom. The molecule has 1 fully saturated rings. The number of nitrogen functional groups attached to an aromatic ring is 1. The fraction of sp³-hybridized carbons (Fsp3) is 0.609. The van der Waals surface area contributed by atoms with Gasteiger partial charge in [-0.25, -0.2) is 4.79 Å². The third kappa shape index (κ3) is 7.94. The minimum Gasteiger partial charge on any atom is -0.444 e. The topological polar surface area (TPSA) is 117 Å². The van der Waals surface area contributed by atoms with E-state index in [0.717, 1.165) is 18.7 Å². The van der Waals surface area contributed by atoms with Gasteiger partial charge in [-0.3, -0.25) is 9.59 Å². The first-order valence-corrected chi connectivity index (χ1v) is 11.0. The molecule has 9 heteroatoms. The van der Waals surface area contributed by atoms with Crippen molar-refractivity contribution in [2.75, 3.05) is 43.4 Å². The van der Waals surface area contributed by atoms with Crippen molar-refractivity contribution in [1.82, 2.24) is 15.5 Å². The van der Waals surface area contributed by atoms with Crippen LogP contribution in [0.25, 0.3) is 0 Å². The van der Waals surface area contributed by atoms with Gasteiger partial charge in [0.1, 0.15) is 5.60 Å². The maximum absolute atomic E-state index is 12.7. The third-order valence-electron chi connectivity index (χ3n) is 4.72. The van der Waals surface area contributed by atoms with Crippen molar-refractivity contribution in [2.45, 2.75) is 59.1 Å². The Labute approximate surface area is 190 Å². The Balaban J connectivity index is 2.03. The van der Waals surface area contributed by atoms with Crippen molar-refractivity contribution >= 4 is 29.3 Å². The SMILES string of the molecule is CC(C)(C)NC(=O)CNC(=O)c1cc(N2CCCN(C(=O)OC(C)(C)C)CC2)ccc1N. The molecule has 1 aromatic rings. The molecule has 1 heterocycles. The van der Waals surface area contributed by atoms with E-state index in [0.29, 0.717) is 30.9 Å². The Hall–Kier alpha value is -2.97. The van der Waals surface area contributed by atoms with Crippen molar-refractivity contribution in [3.63, 3.8) is 0 Å². The first kappa shape index (κ1) is 25.3. The molecule has 0 atom stereocenters. The molecule has 4 N–H and O–H groups in total. The van der Waals surface area contributed by atoms with E-state index in [2.05, 4.69) is 15.5 Å². The molecule has 0 spiro atoms. The molecule has 0 saturated carbocycles. The summed E-state index contributed by atoms with van der Waals surface area (Å²) in [5, 5.41) is 5.43. The molecule has 2 rings (SSSR count). The van der Waals surface area contributed by atoms with Gasteiger partial charge in [-0.15, -0.1) is 0 Å². The molecule has 1 aliphatic heterocycles. The number of amides is 3. The Kier molecular flexibility index (Phi) is 7.98. The predicted octanol–water partition coefficient (Wildman–Crippen LogP) is 2.36. The highest BCUT2D eigenvalue weighted by molar-refractivity contribution is 6.01. The van der Waals surface area contributed by atoms with Gasteiger partial charge < -0.3 is 30.9 Å². The van der Waals surface area contributed by atoms with E-state index in [1.54, 1.807) is 17.0 Å². The lowest BCUT2D eigenvalue weighted by molar-refractivity contribution is -0.121. The second-order valence-electron chi connectivity index (χ2n) is 10.1. The highest BCUT2D eigenvalue weighted by atomic mass is 16.6. The highest BCUT2D eigenvalue weighted by Crippen LogP contribution is 2.23. The summed E-state index contributed by atoms with van der Waals surface area (Å²) in [6.45, 7) is 13.5. The summed E-state index contributed by atoms with van der Waals surface area (Å²) in [5.74, 6) is -0.672. The number of ether oxygens (including phenoxy) is 1. The van der Waals surface area contributed by atoms with Crippen LogP contribution in [0.15, 0.2) is 18.2 Å². The lowest BCUT2D eigenvalue weighted by Crippen LogP contribution is -2.45. The van der Waals surface area contributed by atoms with Crippen LogP contribution >= 0.6 is 0 Å². The van der Waals surface area contributed by atoms with E-state index in [1.165, 1.54) is 0 Å². The summed E-state index contributed by atoms with van der Waals surface area (Å²) in [7, 11) is 0. The molecule has 3 amide bonds. The zero-order chi connectivity index (χ0) is 24.1. The first-order valence-electron chi connectivity index (χ1n) is 11.0. The maximum atomic E-state index is 12.7. The van der Waals surface area contributed by atoms with Crippen LogP contribution in [0, 0.1) is 0 Å². The van der Waals surface area contributed by atoms with Crippen LogP contribution in [0.3, 0.4) is 0 Å². The molecule has 1 saturated heterocycles. The lowest BCUT2D eigenvalue weighted by Gasteiger charge is -2.27. The van der Waals surface area contributed by atoms with Crippen LogP contribution in [0.1, 0.15) is 58.3 Å². The van der Waals surface area contributed by atoms with Gasteiger partial charge in [-0.2, -0.15) is 0 Å². The zero-order valence-electron chi connectivity index (χ0n) is 20.1. The Bertz CT molecular complexity index is 842. The number of rotatable bonds is 4. The molecular weight excluding hydrogens is 410 g/mol. The van der Waals surface area contributed by atoms with Gasteiger partial charge in [0.2, 0.25) is 5.91 Å². The molecule has 32 heavy (non-hydrogen) atoms. The number of carbonyl (C=O) groups is 3. The van der Waals surface area contributed by atoms with Crippen LogP contribution in [0.4, 0.5) is 16.2 Å². The van der Waals surface area contributed by atoms with Gasteiger partial charge in [0, 0.05) is 43.1 Å².